The van der Waals surface area contributed by atoms with Gasteiger partial charge in [0.25, 0.3) is 21.8 Å². The summed E-state index contributed by atoms with van der Waals surface area (Å²) in [5.41, 5.74) is 0.415. The lowest BCUT2D eigenvalue weighted by Gasteiger charge is -2.33. The first-order chi connectivity index (χ1) is 19.0. The number of fused-ring (bicyclic) bond motifs is 1. The van der Waals surface area contributed by atoms with Gasteiger partial charge in [0.2, 0.25) is 0 Å². The molecule has 4 rings (SSSR count). The van der Waals surface area contributed by atoms with Crippen molar-refractivity contribution in [3.05, 3.63) is 60.1 Å². The van der Waals surface area contributed by atoms with E-state index in [-0.39, 0.29) is 31.1 Å². The van der Waals surface area contributed by atoms with Crippen LogP contribution in [0, 0.1) is 11.7 Å². The van der Waals surface area contributed by atoms with Crippen molar-refractivity contribution in [1.82, 2.24) is 14.9 Å². The Hall–Kier alpha value is -3.77. The minimum atomic E-state index is -4.82. The van der Waals surface area contributed by atoms with E-state index in [1.54, 1.807) is 32.0 Å². The van der Waals surface area contributed by atoms with E-state index in [1.165, 1.54) is 25.3 Å². The van der Waals surface area contributed by atoms with Crippen molar-refractivity contribution in [2.45, 2.75) is 50.1 Å². The van der Waals surface area contributed by atoms with Crippen LogP contribution in [-0.2, 0) is 19.6 Å². The van der Waals surface area contributed by atoms with Crippen LogP contribution < -0.4 is 15.4 Å². The molecule has 0 saturated carbocycles. The quantitative estimate of drug-likeness (QED) is 0.398. The minimum Gasteiger partial charge on any atom is -0.497 e. The van der Waals surface area contributed by atoms with Crippen molar-refractivity contribution >= 4 is 38.6 Å². The number of ether oxygens (including phenoxy) is 1. The van der Waals surface area contributed by atoms with E-state index in [2.05, 4.69) is 10.6 Å². The highest BCUT2D eigenvalue weighted by Gasteiger charge is 2.43. The van der Waals surface area contributed by atoms with Crippen LogP contribution >= 0.6 is 0 Å². The Morgan fingerprint density at radius 3 is 2.65 bits per heavy atom. The number of rotatable bonds is 9. The lowest BCUT2D eigenvalue weighted by atomic mass is 10.0. The van der Waals surface area contributed by atoms with Crippen LogP contribution in [0.25, 0.3) is 11.0 Å². The second kappa shape index (κ2) is 12.2. The Bertz CT molecular complexity index is 1520. The molecular weight excluding hydrogens is 541 g/mol. The number of sulfonamides is 1. The number of methoxy groups -OCH3 is 1. The molecule has 10 nitrogen and oxygen atoms in total. The number of ketones is 1. The highest BCUT2D eigenvalue weighted by Crippen LogP contribution is 2.27. The number of carbonyl (C=O) groups is 3. The zero-order valence-corrected chi connectivity index (χ0v) is 23.3. The molecule has 40 heavy (non-hydrogen) atoms. The summed E-state index contributed by atoms with van der Waals surface area (Å²) in [4.78, 5) is 39.7. The van der Waals surface area contributed by atoms with Crippen LogP contribution in [0.2, 0.25) is 0 Å². The van der Waals surface area contributed by atoms with Crippen LogP contribution in [0.1, 0.15) is 43.7 Å². The van der Waals surface area contributed by atoms with E-state index in [4.69, 9.17) is 9.15 Å². The van der Waals surface area contributed by atoms with Gasteiger partial charge in [-0.3, -0.25) is 14.4 Å². The van der Waals surface area contributed by atoms with Crippen molar-refractivity contribution in [1.29, 1.82) is 0 Å². The summed E-state index contributed by atoms with van der Waals surface area (Å²) in [6, 6.07) is 8.43. The Labute approximate surface area is 231 Å². The first-order valence-electron chi connectivity index (χ1n) is 13.0. The number of hydrogen-bond acceptors (Lipinski definition) is 8. The van der Waals surface area contributed by atoms with E-state index in [0.717, 1.165) is 12.1 Å². The summed E-state index contributed by atoms with van der Waals surface area (Å²) in [7, 11) is -3.31. The van der Waals surface area contributed by atoms with Gasteiger partial charge in [-0.15, -0.1) is 0 Å². The maximum atomic E-state index is 14.7. The number of amides is 2. The lowest BCUT2D eigenvalue weighted by molar-refractivity contribution is -0.135. The van der Waals surface area contributed by atoms with Crippen LogP contribution in [0.3, 0.4) is 0 Å². The molecule has 1 fully saturated rings. The summed E-state index contributed by atoms with van der Waals surface area (Å²) in [6.45, 7) is 3.91. The molecule has 0 radical (unpaired) electrons. The molecule has 1 unspecified atom stereocenters. The monoisotopic (exact) mass is 573 g/mol. The molecule has 1 aromatic heterocycles. The number of furan rings is 1. The Balaban J connectivity index is 1.73. The van der Waals surface area contributed by atoms with E-state index in [0.29, 0.717) is 34.0 Å². The zero-order chi connectivity index (χ0) is 29.0. The SMILES string of the molecule is COc1ccc2oc(C(=O)N[C@@H](CC(C)C)C(=O)N(C3CCCNCC3=O)S(=O)(=O)c3ccccc3F)cc2c1. The molecule has 1 aliphatic heterocycles. The van der Waals surface area contributed by atoms with Gasteiger partial charge in [-0.25, -0.2) is 17.1 Å². The molecule has 214 valence electrons. The van der Waals surface area contributed by atoms with Crippen molar-refractivity contribution in [2.75, 3.05) is 20.2 Å². The number of benzene rings is 2. The van der Waals surface area contributed by atoms with E-state index >= 15 is 0 Å². The fourth-order valence-electron chi connectivity index (χ4n) is 4.69. The number of nitrogens with zero attached hydrogens (tertiary/aromatic N) is 1. The summed E-state index contributed by atoms with van der Waals surface area (Å²) < 4.78 is 53.7. The van der Waals surface area contributed by atoms with E-state index < -0.39 is 50.4 Å². The fraction of sp³-hybridized carbons (Fsp3) is 0.393. The molecule has 2 amide bonds. The molecule has 0 spiro atoms. The minimum absolute atomic E-state index is 0.0546. The molecule has 12 heteroatoms. The van der Waals surface area contributed by atoms with Crippen LogP contribution in [0.4, 0.5) is 4.39 Å². The predicted octanol–water partition coefficient (Wildman–Crippen LogP) is 3.26. The van der Waals surface area contributed by atoms with Gasteiger partial charge in [0, 0.05) is 5.39 Å². The van der Waals surface area contributed by atoms with Gasteiger partial charge >= 0.3 is 0 Å². The molecule has 2 N–H and O–H groups in total. The van der Waals surface area contributed by atoms with Crippen LogP contribution in [-0.4, -0.2) is 62.6 Å². The van der Waals surface area contributed by atoms with Crippen molar-refractivity contribution in [3.63, 3.8) is 0 Å². The van der Waals surface area contributed by atoms with E-state index in [9.17, 15) is 27.2 Å². The average molecular weight is 574 g/mol. The van der Waals surface area contributed by atoms with Crippen molar-refractivity contribution < 1.29 is 36.3 Å². The molecule has 1 aliphatic rings. The normalized spacial score (nSPS) is 16.9. The predicted molar refractivity (Wildman–Crippen MR) is 145 cm³/mol. The molecule has 1 saturated heterocycles. The van der Waals surface area contributed by atoms with Crippen LogP contribution in [0.5, 0.6) is 5.75 Å². The summed E-state index contributed by atoms with van der Waals surface area (Å²) in [5, 5.41) is 6.11. The number of Topliss-reactive ketones (excluding diaryl/α,β-unsaturated/α-hetero) is 1. The lowest BCUT2D eigenvalue weighted by Crippen LogP contribution is -2.56. The highest BCUT2D eigenvalue weighted by molar-refractivity contribution is 7.89. The third-order valence-corrected chi connectivity index (χ3v) is 8.47. The second-order valence-electron chi connectivity index (χ2n) is 10.0. The van der Waals surface area contributed by atoms with Gasteiger partial charge in [-0.05, 0) is 68.1 Å². The third-order valence-electron chi connectivity index (χ3n) is 6.63. The standard InChI is InChI=1S/C28H32FN3O7S/c1-17(2)13-21(31-27(34)25-15-18-14-19(38-3)10-11-24(18)39-25)28(35)32(22-8-6-12-30-16-23(22)33)40(36,37)26-9-5-4-7-20(26)29/h4-5,7,9-11,14-15,17,21-22,30H,6,8,12-13,16H2,1-3H3,(H,31,34)/t21-,22?/m0/s1. The van der Waals surface area contributed by atoms with Gasteiger partial charge in [0.15, 0.2) is 11.5 Å². The molecular formula is C28H32FN3O7S. The molecule has 0 bridgehead atoms. The van der Waals surface area contributed by atoms with Gasteiger partial charge < -0.3 is 19.8 Å². The second-order valence-corrected chi connectivity index (χ2v) is 11.8. The summed E-state index contributed by atoms with van der Waals surface area (Å²) >= 11 is 0. The first kappa shape index (κ1) is 29.2. The van der Waals surface area contributed by atoms with Crippen LogP contribution in [0.15, 0.2) is 57.8 Å². The molecule has 0 aliphatic carbocycles. The largest absolute Gasteiger partial charge is 0.497 e. The maximum absolute atomic E-state index is 14.7. The smallest absolute Gasteiger partial charge is 0.287 e. The Morgan fingerprint density at radius 1 is 1.20 bits per heavy atom. The maximum Gasteiger partial charge on any atom is 0.287 e. The highest BCUT2D eigenvalue weighted by atomic mass is 32.2. The number of hydrogen-bond donors (Lipinski definition) is 2. The Morgan fingerprint density at radius 2 is 1.95 bits per heavy atom. The average Bonchev–Trinajstić information content (AvgIpc) is 3.24. The number of carbonyl (C=O) groups excluding carboxylic acids is 3. The van der Waals surface area contributed by atoms with Gasteiger partial charge in [-0.2, -0.15) is 0 Å². The zero-order valence-electron chi connectivity index (χ0n) is 22.5. The molecule has 2 atom stereocenters. The topological polar surface area (TPSA) is 135 Å². The van der Waals surface area contributed by atoms with Crippen molar-refractivity contribution in [3.8, 4) is 5.75 Å². The Kier molecular flexibility index (Phi) is 8.89. The third kappa shape index (κ3) is 6.18. The number of nitrogens with one attached hydrogen (secondary N) is 2. The van der Waals surface area contributed by atoms with Gasteiger partial charge in [-0.1, -0.05) is 26.0 Å². The molecule has 2 heterocycles. The van der Waals surface area contributed by atoms with Gasteiger partial charge in [0.05, 0.1) is 13.7 Å². The van der Waals surface area contributed by atoms with Crippen molar-refractivity contribution in [2.24, 2.45) is 5.92 Å². The van der Waals surface area contributed by atoms with E-state index in [1.807, 2.05) is 0 Å². The molecule has 3 aromatic rings. The fourth-order valence-corrected chi connectivity index (χ4v) is 6.39. The summed E-state index contributed by atoms with van der Waals surface area (Å²) in [5.74, 6) is -3.03. The number of halogens is 1. The molecule has 2 aromatic carbocycles. The summed E-state index contributed by atoms with van der Waals surface area (Å²) in [6.07, 6.45) is 0.525. The first-order valence-corrected chi connectivity index (χ1v) is 14.4. The van der Waals surface area contributed by atoms with Gasteiger partial charge in [0.1, 0.15) is 34.1 Å².